The van der Waals surface area contributed by atoms with E-state index in [-0.39, 0.29) is 18.4 Å². The van der Waals surface area contributed by atoms with E-state index >= 15 is 0 Å². The monoisotopic (exact) mass is 438 g/mol. The van der Waals surface area contributed by atoms with Gasteiger partial charge in [-0.3, -0.25) is 9.59 Å². The van der Waals surface area contributed by atoms with E-state index in [1.807, 2.05) is 36.4 Å². The van der Waals surface area contributed by atoms with E-state index < -0.39 is 5.91 Å². The number of thiophene rings is 1. The Hall–Kier alpha value is -3.52. The van der Waals surface area contributed by atoms with Crippen molar-refractivity contribution in [3.63, 3.8) is 0 Å². The Labute approximate surface area is 183 Å². The molecule has 0 bridgehead atoms. The van der Waals surface area contributed by atoms with E-state index in [1.165, 1.54) is 7.11 Å². The van der Waals surface area contributed by atoms with Gasteiger partial charge in [-0.2, -0.15) is 0 Å². The highest BCUT2D eigenvalue weighted by molar-refractivity contribution is 7.11. The predicted octanol–water partition coefficient (Wildman–Crippen LogP) is 3.77. The highest BCUT2D eigenvalue weighted by Crippen LogP contribution is 2.47. The first-order valence-corrected chi connectivity index (χ1v) is 10.5. The Morgan fingerprint density at radius 3 is 2.58 bits per heavy atom. The minimum absolute atomic E-state index is 0.0429. The molecule has 0 spiro atoms. The van der Waals surface area contributed by atoms with Crippen LogP contribution in [-0.4, -0.2) is 32.6 Å². The van der Waals surface area contributed by atoms with Crippen LogP contribution in [0.1, 0.15) is 22.8 Å². The lowest BCUT2D eigenvalue weighted by molar-refractivity contribution is -0.120. The van der Waals surface area contributed by atoms with Gasteiger partial charge in [-0.15, -0.1) is 11.3 Å². The summed E-state index contributed by atoms with van der Waals surface area (Å²) < 4.78 is 16.1. The third kappa shape index (κ3) is 4.20. The van der Waals surface area contributed by atoms with Gasteiger partial charge in [0.2, 0.25) is 5.91 Å². The van der Waals surface area contributed by atoms with E-state index in [0.29, 0.717) is 17.9 Å². The van der Waals surface area contributed by atoms with Crippen LogP contribution in [0.3, 0.4) is 0 Å². The molecule has 0 saturated heterocycles. The van der Waals surface area contributed by atoms with Crippen molar-refractivity contribution in [2.75, 3.05) is 26.1 Å². The maximum Gasteiger partial charge on any atom is 0.255 e. The summed E-state index contributed by atoms with van der Waals surface area (Å²) in [5, 5.41) is 5.10. The van der Waals surface area contributed by atoms with Gasteiger partial charge in [-0.1, -0.05) is 18.2 Å². The fourth-order valence-electron chi connectivity index (χ4n) is 3.65. The third-order valence-electron chi connectivity index (χ3n) is 5.15. The first kappa shape index (κ1) is 20.7. The average molecular weight is 439 g/mol. The Kier molecular flexibility index (Phi) is 5.81. The zero-order valence-electron chi connectivity index (χ0n) is 17.1. The smallest absolute Gasteiger partial charge is 0.255 e. The van der Waals surface area contributed by atoms with Crippen molar-refractivity contribution >= 4 is 28.8 Å². The number of carbonyl (C=O) groups is 2. The lowest BCUT2D eigenvalue weighted by atomic mass is 9.89. The number of rotatable bonds is 7. The van der Waals surface area contributed by atoms with Crippen molar-refractivity contribution in [2.45, 2.75) is 12.3 Å². The number of fused-ring (bicyclic) bond motifs is 1. The molecule has 4 rings (SSSR count). The molecule has 160 valence electrons. The number of carbonyl (C=O) groups excluding carboxylic acids is 2. The van der Waals surface area contributed by atoms with Gasteiger partial charge in [-0.05, 0) is 35.4 Å². The number of hydrogen-bond acceptors (Lipinski definition) is 6. The van der Waals surface area contributed by atoms with Crippen molar-refractivity contribution in [1.29, 1.82) is 0 Å². The number of anilines is 1. The summed E-state index contributed by atoms with van der Waals surface area (Å²) in [5.74, 6) is 0.970. The van der Waals surface area contributed by atoms with Crippen LogP contribution >= 0.6 is 11.3 Å². The minimum Gasteiger partial charge on any atom is -0.497 e. The van der Waals surface area contributed by atoms with Crippen LogP contribution in [0.5, 0.6) is 17.2 Å². The number of ether oxygens (including phenoxy) is 3. The molecular formula is C23H22N2O5S. The third-order valence-corrected chi connectivity index (χ3v) is 6.25. The number of benzene rings is 2. The van der Waals surface area contributed by atoms with Gasteiger partial charge >= 0.3 is 0 Å². The Balaban J connectivity index is 1.69. The summed E-state index contributed by atoms with van der Waals surface area (Å²) in [4.78, 5) is 24.7. The summed E-state index contributed by atoms with van der Waals surface area (Å²) >= 11 is 1.61. The Bertz CT molecular complexity index is 1120. The summed E-state index contributed by atoms with van der Waals surface area (Å²) in [6.07, 6.45) is 0.334. The van der Waals surface area contributed by atoms with Crippen LogP contribution in [0.2, 0.25) is 0 Å². The lowest BCUT2D eigenvalue weighted by Crippen LogP contribution is -2.22. The maximum atomic E-state index is 12.6. The standard InChI is InChI=1S/C23H22N2O5S/c1-28-15-6-3-13(4-7-15)17-12-31-23-16(10-21(27)25-22(17)23)14-5-8-18(19(9-14)29-2)30-11-20(24)26/h3-9,12,16H,10-11H2,1-2H3,(H2,24,26)(H,25,27)/t16-/m1/s1. The van der Waals surface area contributed by atoms with Crippen molar-refractivity contribution in [3.05, 3.63) is 58.3 Å². The second-order valence-electron chi connectivity index (χ2n) is 7.09. The van der Waals surface area contributed by atoms with Crippen LogP contribution in [-0.2, 0) is 9.59 Å². The van der Waals surface area contributed by atoms with Crippen LogP contribution in [0.4, 0.5) is 5.69 Å². The molecule has 0 fully saturated rings. The van der Waals surface area contributed by atoms with Crippen LogP contribution < -0.4 is 25.3 Å². The van der Waals surface area contributed by atoms with Gasteiger partial charge in [0.05, 0.1) is 19.9 Å². The molecule has 31 heavy (non-hydrogen) atoms. The molecular weight excluding hydrogens is 416 g/mol. The fraction of sp³-hybridized carbons (Fsp3) is 0.217. The van der Waals surface area contributed by atoms with Crippen molar-refractivity contribution in [2.24, 2.45) is 5.73 Å². The molecule has 0 saturated carbocycles. The number of nitrogens with one attached hydrogen (secondary N) is 1. The number of methoxy groups -OCH3 is 2. The van der Waals surface area contributed by atoms with Crippen LogP contribution in [0.15, 0.2) is 47.8 Å². The SMILES string of the molecule is COc1ccc(-c2csc3c2NC(=O)C[C@@H]3c2ccc(OCC(N)=O)c(OC)c2)cc1. The number of primary amides is 1. The fourth-order valence-corrected chi connectivity index (χ4v) is 4.81. The quantitative estimate of drug-likeness (QED) is 0.585. The van der Waals surface area contributed by atoms with Crippen LogP contribution in [0.25, 0.3) is 11.1 Å². The van der Waals surface area contributed by atoms with E-state index in [1.54, 1.807) is 24.5 Å². The topological polar surface area (TPSA) is 99.9 Å². The molecule has 8 heteroatoms. The molecule has 2 heterocycles. The second-order valence-corrected chi connectivity index (χ2v) is 8.00. The van der Waals surface area contributed by atoms with Crippen molar-refractivity contribution in [1.82, 2.24) is 0 Å². The molecule has 1 aliphatic heterocycles. The lowest BCUT2D eigenvalue weighted by Gasteiger charge is -2.24. The van der Waals surface area contributed by atoms with Crippen molar-refractivity contribution < 1.29 is 23.8 Å². The predicted molar refractivity (Wildman–Crippen MR) is 119 cm³/mol. The van der Waals surface area contributed by atoms with Gasteiger partial charge in [0.25, 0.3) is 5.91 Å². The number of hydrogen-bond donors (Lipinski definition) is 2. The molecule has 2 aromatic carbocycles. The zero-order valence-corrected chi connectivity index (χ0v) is 18.0. The minimum atomic E-state index is -0.565. The zero-order chi connectivity index (χ0) is 22.0. The molecule has 0 aliphatic carbocycles. The molecule has 7 nitrogen and oxygen atoms in total. The van der Waals surface area contributed by atoms with E-state index in [4.69, 9.17) is 19.9 Å². The molecule has 3 N–H and O–H groups in total. The maximum absolute atomic E-state index is 12.6. The molecule has 1 atom stereocenters. The summed E-state index contributed by atoms with van der Waals surface area (Å²) in [5.41, 5.74) is 8.92. The van der Waals surface area contributed by atoms with Gasteiger partial charge < -0.3 is 25.3 Å². The normalized spacial score (nSPS) is 15.0. The first-order chi connectivity index (χ1) is 15.0. The molecule has 3 aromatic rings. The summed E-state index contributed by atoms with van der Waals surface area (Å²) in [7, 11) is 3.16. The molecule has 2 amide bonds. The highest BCUT2D eigenvalue weighted by Gasteiger charge is 2.31. The van der Waals surface area contributed by atoms with Crippen molar-refractivity contribution in [3.8, 4) is 28.4 Å². The summed E-state index contributed by atoms with van der Waals surface area (Å²) in [6.45, 7) is -0.234. The van der Waals surface area contributed by atoms with E-state index in [0.717, 1.165) is 33.0 Å². The van der Waals surface area contributed by atoms with Gasteiger partial charge in [0, 0.05) is 28.2 Å². The van der Waals surface area contributed by atoms with Gasteiger partial charge in [-0.25, -0.2) is 0 Å². The average Bonchev–Trinajstić information content (AvgIpc) is 3.20. The molecule has 0 unspecified atom stereocenters. The highest BCUT2D eigenvalue weighted by atomic mass is 32.1. The summed E-state index contributed by atoms with van der Waals surface area (Å²) in [6, 6.07) is 13.2. The number of amides is 2. The van der Waals surface area contributed by atoms with Crippen LogP contribution in [0, 0.1) is 0 Å². The Morgan fingerprint density at radius 1 is 1.13 bits per heavy atom. The molecule has 0 radical (unpaired) electrons. The van der Waals surface area contributed by atoms with Gasteiger partial charge in [0.1, 0.15) is 5.75 Å². The molecule has 1 aliphatic rings. The van der Waals surface area contributed by atoms with E-state index in [2.05, 4.69) is 10.7 Å². The molecule has 1 aromatic heterocycles. The second kappa shape index (κ2) is 8.69. The Morgan fingerprint density at radius 2 is 1.90 bits per heavy atom. The first-order valence-electron chi connectivity index (χ1n) is 9.65. The van der Waals surface area contributed by atoms with E-state index in [9.17, 15) is 9.59 Å². The van der Waals surface area contributed by atoms with Gasteiger partial charge in [0.15, 0.2) is 18.1 Å². The number of nitrogens with two attached hydrogens (primary N) is 1. The largest absolute Gasteiger partial charge is 0.497 e.